The summed E-state index contributed by atoms with van der Waals surface area (Å²) in [4.78, 5) is 10.8. The molecule has 0 atom stereocenters. The minimum Gasteiger partial charge on any atom is -0.295 e. The third kappa shape index (κ3) is 7.51. The Morgan fingerprint density at radius 3 is 2.46 bits per heavy atom. The van der Waals surface area contributed by atoms with Gasteiger partial charge in [-0.15, -0.1) is 0 Å². The van der Waals surface area contributed by atoms with E-state index in [0.29, 0.717) is 0 Å². The fourth-order valence-electron chi connectivity index (χ4n) is 0.925. The maximum Gasteiger partial charge on any atom is 0.155 e. The Hall–Kier alpha value is -0.850. The first kappa shape index (κ1) is 12.2. The maximum atomic E-state index is 10.8. The van der Waals surface area contributed by atoms with Crippen LogP contribution in [-0.4, -0.2) is 5.78 Å². The molecule has 0 spiro atoms. The molecule has 0 fully saturated rings. The van der Waals surface area contributed by atoms with Crippen molar-refractivity contribution in [2.75, 3.05) is 0 Å². The van der Waals surface area contributed by atoms with E-state index in [4.69, 9.17) is 0 Å². The van der Waals surface area contributed by atoms with Gasteiger partial charge >= 0.3 is 0 Å². The van der Waals surface area contributed by atoms with Gasteiger partial charge in [-0.25, -0.2) is 0 Å². The average molecular weight is 180 g/mol. The van der Waals surface area contributed by atoms with E-state index >= 15 is 0 Å². The fraction of sp³-hybridized carbons (Fsp3) is 0.583. The van der Waals surface area contributed by atoms with Crippen molar-refractivity contribution >= 4 is 5.78 Å². The molecule has 0 aliphatic heterocycles. The highest BCUT2D eigenvalue weighted by Gasteiger charge is 1.92. The van der Waals surface area contributed by atoms with E-state index in [9.17, 15) is 4.79 Å². The molecule has 0 aromatic heterocycles. The van der Waals surface area contributed by atoms with E-state index in [0.717, 1.165) is 18.4 Å². The van der Waals surface area contributed by atoms with Gasteiger partial charge in [-0.2, -0.15) is 0 Å². The lowest BCUT2D eigenvalue weighted by atomic mass is 10.1. The van der Waals surface area contributed by atoms with Gasteiger partial charge in [0.2, 0.25) is 0 Å². The Morgan fingerprint density at radius 1 is 1.23 bits per heavy atom. The smallest absolute Gasteiger partial charge is 0.155 e. The zero-order chi connectivity index (χ0) is 10.1. The highest BCUT2D eigenvalue weighted by Crippen LogP contribution is 2.00. The molecule has 1 nitrogen and oxygen atoms in total. The number of ketones is 1. The van der Waals surface area contributed by atoms with E-state index in [1.54, 1.807) is 6.92 Å². The van der Waals surface area contributed by atoms with Crippen molar-refractivity contribution in [1.82, 2.24) is 0 Å². The summed E-state index contributed by atoms with van der Waals surface area (Å²) in [5.41, 5.74) is 0.861. The van der Waals surface area contributed by atoms with E-state index in [1.807, 2.05) is 13.0 Å². The first-order chi connectivity index (χ1) is 6.18. The molecule has 0 bridgehead atoms. The summed E-state index contributed by atoms with van der Waals surface area (Å²) in [5.74, 6) is 0.168. The highest BCUT2D eigenvalue weighted by atomic mass is 16.1. The van der Waals surface area contributed by atoms with Gasteiger partial charge in [0, 0.05) is 0 Å². The highest BCUT2D eigenvalue weighted by molar-refractivity contribution is 5.92. The van der Waals surface area contributed by atoms with Crippen LogP contribution in [0.3, 0.4) is 0 Å². The van der Waals surface area contributed by atoms with Crippen LogP contribution in [0.2, 0.25) is 0 Å². The molecule has 0 aliphatic carbocycles. The largest absolute Gasteiger partial charge is 0.295 e. The minimum atomic E-state index is 0.168. The number of rotatable bonds is 6. The van der Waals surface area contributed by atoms with Crippen molar-refractivity contribution in [1.29, 1.82) is 0 Å². The number of Topliss-reactive ketones (excluding diaryl/α,β-unsaturated/α-hetero) is 1. The Labute approximate surface area is 81.5 Å². The van der Waals surface area contributed by atoms with E-state index in [-0.39, 0.29) is 5.78 Å². The van der Waals surface area contributed by atoms with E-state index in [2.05, 4.69) is 19.1 Å². The van der Waals surface area contributed by atoms with Crippen molar-refractivity contribution in [2.45, 2.75) is 46.5 Å². The molecule has 13 heavy (non-hydrogen) atoms. The summed E-state index contributed by atoms with van der Waals surface area (Å²) in [6.45, 7) is 5.66. The molecule has 0 N–H and O–H groups in total. The van der Waals surface area contributed by atoms with Gasteiger partial charge in [-0.1, -0.05) is 38.0 Å². The Balaban J connectivity index is 3.59. The lowest BCUT2D eigenvalue weighted by Crippen LogP contribution is -1.89. The second-order valence-corrected chi connectivity index (χ2v) is 3.29. The first-order valence-corrected chi connectivity index (χ1v) is 5.01. The molecule has 0 heterocycles. The fourth-order valence-corrected chi connectivity index (χ4v) is 0.925. The minimum absolute atomic E-state index is 0.168. The van der Waals surface area contributed by atoms with Gasteiger partial charge in [-0.3, -0.25) is 4.79 Å². The third-order valence-corrected chi connectivity index (χ3v) is 2.01. The number of unbranched alkanes of at least 4 members (excludes halogenated alkanes) is 2. The quantitative estimate of drug-likeness (QED) is 0.346. The van der Waals surface area contributed by atoms with Crippen molar-refractivity contribution in [3.05, 3.63) is 23.8 Å². The molecule has 0 radical (unpaired) electrons. The summed E-state index contributed by atoms with van der Waals surface area (Å²) < 4.78 is 0. The van der Waals surface area contributed by atoms with E-state index < -0.39 is 0 Å². The van der Waals surface area contributed by atoms with Gasteiger partial charge in [0.05, 0.1) is 0 Å². The van der Waals surface area contributed by atoms with Gasteiger partial charge < -0.3 is 0 Å². The molecule has 0 aliphatic rings. The molecule has 0 saturated carbocycles. The molecule has 0 amide bonds. The van der Waals surface area contributed by atoms with Crippen molar-refractivity contribution < 1.29 is 4.79 Å². The SMILES string of the molecule is CCCCC=CCC=C(C)C(C)=O. The Kier molecular flexibility index (Phi) is 7.27. The monoisotopic (exact) mass is 180 g/mol. The summed E-state index contributed by atoms with van der Waals surface area (Å²) >= 11 is 0. The molecule has 0 aromatic rings. The number of hydrogen-bond acceptors (Lipinski definition) is 1. The molecular weight excluding hydrogens is 160 g/mol. The van der Waals surface area contributed by atoms with Crippen LogP contribution in [0.5, 0.6) is 0 Å². The Bertz CT molecular complexity index is 199. The average Bonchev–Trinajstić information content (AvgIpc) is 2.10. The second kappa shape index (κ2) is 7.78. The third-order valence-electron chi connectivity index (χ3n) is 2.01. The molecule has 0 rings (SSSR count). The van der Waals surface area contributed by atoms with Crippen LogP contribution in [-0.2, 0) is 4.79 Å². The maximum absolute atomic E-state index is 10.8. The normalized spacial score (nSPS) is 12.4. The van der Waals surface area contributed by atoms with Crippen LogP contribution in [0, 0.1) is 0 Å². The number of allylic oxidation sites excluding steroid dienone is 4. The molecule has 1 heteroatoms. The van der Waals surface area contributed by atoms with Crippen LogP contribution < -0.4 is 0 Å². The lowest BCUT2D eigenvalue weighted by Gasteiger charge is -1.91. The van der Waals surface area contributed by atoms with Crippen molar-refractivity contribution in [3.8, 4) is 0 Å². The number of carbonyl (C=O) groups is 1. The van der Waals surface area contributed by atoms with Crippen LogP contribution >= 0.6 is 0 Å². The molecule has 0 unspecified atom stereocenters. The van der Waals surface area contributed by atoms with Crippen molar-refractivity contribution in [3.63, 3.8) is 0 Å². The summed E-state index contributed by atoms with van der Waals surface area (Å²) in [7, 11) is 0. The molecule has 0 aromatic carbocycles. The van der Waals surface area contributed by atoms with Crippen LogP contribution in [0.15, 0.2) is 23.8 Å². The Morgan fingerprint density at radius 2 is 1.92 bits per heavy atom. The topological polar surface area (TPSA) is 17.1 Å². The van der Waals surface area contributed by atoms with Crippen molar-refractivity contribution in [2.24, 2.45) is 0 Å². The number of hydrogen-bond donors (Lipinski definition) is 0. The zero-order valence-electron chi connectivity index (χ0n) is 8.97. The van der Waals surface area contributed by atoms with E-state index in [1.165, 1.54) is 12.8 Å². The summed E-state index contributed by atoms with van der Waals surface area (Å²) in [6, 6.07) is 0. The predicted octanol–water partition coefficient (Wildman–Crippen LogP) is 3.66. The summed E-state index contributed by atoms with van der Waals surface area (Å²) in [6.07, 6.45) is 10.8. The van der Waals surface area contributed by atoms with Gasteiger partial charge in [-0.05, 0) is 32.3 Å². The van der Waals surface area contributed by atoms with Crippen LogP contribution in [0.1, 0.15) is 46.5 Å². The predicted molar refractivity (Wildman–Crippen MR) is 57.7 cm³/mol. The standard InChI is InChI=1S/C12H20O/c1-4-5-6-7-8-9-10-11(2)12(3)13/h7-8,10H,4-6,9H2,1-3H3. The van der Waals surface area contributed by atoms with Gasteiger partial charge in [0.1, 0.15) is 0 Å². The molecule has 74 valence electrons. The van der Waals surface area contributed by atoms with Crippen LogP contribution in [0.4, 0.5) is 0 Å². The lowest BCUT2D eigenvalue weighted by molar-refractivity contribution is -0.113. The first-order valence-electron chi connectivity index (χ1n) is 5.01. The summed E-state index contributed by atoms with van der Waals surface area (Å²) in [5, 5.41) is 0. The van der Waals surface area contributed by atoms with Gasteiger partial charge in [0.25, 0.3) is 0 Å². The second-order valence-electron chi connectivity index (χ2n) is 3.29. The molecule has 0 saturated heterocycles. The number of carbonyl (C=O) groups excluding carboxylic acids is 1. The van der Waals surface area contributed by atoms with Gasteiger partial charge in [0.15, 0.2) is 5.78 Å². The molecular formula is C12H20O. The van der Waals surface area contributed by atoms with Crippen LogP contribution in [0.25, 0.3) is 0 Å². The zero-order valence-corrected chi connectivity index (χ0v) is 8.97.